The minimum absolute atomic E-state index is 0. The van der Waals surface area contributed by atoms with Gasteiger partial charge < -0.3 is 11.5 Å². The molecule has 0 aliphatic carbocycles. The standard InChI is InChI=1S/C12H12N2.Si/c13-11-5-1-9(2-6-11)10-3-7-12(14)8-4-10;/h1-8H,13-14H2;. The van der Waals surface area contributed by atoms with Gasteiger partial charge in [-0.25, -0.2) is 0 Å². The van der Waals surface area contributed by atoms with Crippen molar-refractivity contribution >= 4 is 22.3 Å². The van der Waals surface area contributed by atoms with Crippen molar-refractivity contribution in [3.63, 3.8) is 0 Å². The van der Waals surface area contributed by atoms with Gasteiger partial charge in [-0.2, -0.15) is 0 Å². The van der Waals surface area contributed by atoms with Crippen molar-refractivity contribution < 1.29 is 0 Å². The Morgan fingerprint density at radius 1 is 0.533 bits per heavy atom. The molecule has 4 radical (unpaired) electrons. The summed E-state index contributed by atoms with van der Waals surface area (Å²) in [7, 11) is 0. The van der Waals surface area contributed by atoms with E-state index in [1.807, 2.05) is 48.5 Å². The molecule has 2 aromatic carbocycles. The van der Waals surface area contributed by atoms with E-state index in [2.05, 4.69) is 0 Å². The SMILES string of the molecule is Nc1ccc(-c2ccc(N)cc2)cc1.[Si]. The molecule has 0 saturated carbocycles. The van der Waals surface area contributed by atoms with Crippen LogP contribution in [-0.2, 0) is 0 Å². The van der Waals surface area contributed by atoms with Crippen molar-refractivity contribution in [2.45, 2.75) is 0 Å². The molecular weight excluding hydrogens is 200 g/mol. The largest absolute Gasteiger partial charge is 0.399 e. The van der Waals surface area contributed by atoms with Gasteiger partial charge in [0.2, 0.25) is 0 Å². The third-order valence-electron chi connectivity index (χ3n) is 2.15. The Morgan fingerprint density at radius 2 is 0.800 bits per heavy atom. The second-order valence-electron chi connectivity index (χ2n) is 3.24. The molecule has 0 heterocycles. The van der Waals surface area contributed by atoms with Crippen LogP contribution in [0.15, 0.2) is 48.5 Å². The van der Waals surface area contributed by atoms with Gasteiger partial charge >= 0.3 is 0 Å². The first-order chi connectivity index (χ1) is 6.75. The molecule has 2 rings (SSSR count). The van der Waals surface area contributed by atoms with Crippen LogP contribution < -0.4 is 11.5 Å². The summed E-state index contributed by atoms with van der Waals surface area (Å²) >= 11 is 0. The lowest BCUT2D eigenvalue weighted by Gasteiger charge is -2.02. The topological polar surface area (TPSA) is 52.0 Å². The van der Waals surface area contributed by atoms with Crippen molar-refractivity contribution in [3.05, 3.63) is 48.5 Å². The van der Waals surface area contributed by atoms with Crippen molar-refractivity contribution in [1.82, 2.24) is 0 Å². The highest BCUT2D eigenvalue weighted by Crippen LogP contribution is 2.21. The summed E-state index contributed by atoms with van der Waals surface area (Å²) in [6.45, 7) is 0. The van der Waals surface area contributed by atoms with Crippen molar-refractivity contribution in [1.29, 1.82) is 0 Å². The van der Waals surface area contributed by atoms with E-state index in [0.717, 1.165) is 22.5 Å². The third-order valence-corrected chi connectivity index (χ3v) is 2.15. The number of benzene rings is 2. The molecule has 0 amide bonds. The lowest BCUT2D eigenvalue weighted by atomic mass is 10.1. The van der Waals surface area contributed by atoms with Gasteiger partial charge in [0.25, 0.3) is 0 Å². The molecule has 3 heteroatoms. The average Bonchev–Trinajstić information content (AvgIpc) is 2.21. The quantitative estimate of drug-likeness (QED) is 0.562. The van der Waals surface area contributed by atoms with Gasteiger partial charge in [0, 0.05) is 22.3 Å². The van der Waals surface area contributed by atoms with Crippen LogP contribution in [0.4, 0.5) is 11.4 Å². The van der Waals surface area contributed by atoms with Crippen LogP contribution in [0.25, 0.3) is 11.1 Å². The number of anilines is 2. The molecule has 4 N–H and O–H groups in total. The molecular formula is C12H12N2Si. The average molecular weight is 212 g/mol. The Labute approximate surface area is 93.9 Å². The van der Waals surface area contributed by atoms with Crippen molar-refractivity contribution in [2.75, 3.05) is 11.5 Å². The van der Waals surface area contributed by atoms with Gasteiger partial charge in [-0.3, -0.25) is 0 Å². The van der Waals surface area contributed by atoms with Gasteiger partial charge in [0.05, 0.1) is 0 Å². The Balaban J connectivity index is 0.00000112. The van der Waals surface area contributed by atoms with Crippen LogP contribution in [0.5, 0.6) is 0 Å². The third kappa shape index (κ3) is 2.60. The fraction of sp³-hybridized carbons (Fsp3) is 0. The zero-order valence-electron chi connectivity index (χ0n) is 8.27. The number of hydrogen-bond donors (Lipinski definition) is 2. The summed E-state index contributed by atoms with van der Waals surface area (Å²) in [6.07, 6.45) is 0. The molecule has 74 valence electrons. The number of nitrogens with two attached hydrogens (primary N) is 2. The lowest BCUT2D eigenvalue weighted by Crippen LogP contribution is -1.85. The minimum Gasteiger partial charge on any atom is -0.399 e. The maximum Gasteiger partial charge on any atom is 0.0314 e. The second-order valence-corrected chi connectivity index (χ2v) is 3.24. The molecule has 0 aromatic heterocycles. The predicted molar refractivity (Wildman–Crippen MR) is 66.5 cm³/mol. The van der Waals surface area contributed by atoms with E-state index in [1.54, 1.807) is 0 Å². The van der Waals surface area contributed by atoms with Gasteiger partial charge in [-0.05, 0) is 35.4 Å². The molecule has 0 aliphatic rings. The van der Waals surface area contributed by atoms with Crippen LogP contribution in [0.3, 0.4) is 0 Å². The fourth-order valence-corrected chi connectivity index (χ4v) is 1.35. The number of nitrogen functional groups attached to an aromatic ring is 2. The van der Waals surface area contributed by atoms with Crippen LogP contribution in [0, 0.1) is 0 Å². The zero-order valence-corrected chi connectivity index (χ0v) is 9.27. The van der Waals surface area contributed by atoms with E-state index >= 15 is 0 Å². The molecule has 0 atom stereocenters. The maximum atomic E-state index is 5.61. The predicted octanol–water partition coefficient (Wildman–Crippen LogP) is 2.14. The smallest absolute Gasteiger partial charge is 0.0314 e. The van der Waals surface area contributed by atoms with Gasteiger partial charge in [0.1, 0.15) is 0 Å². The Bertz CT molecular complexity index is 377. The Morgan fingerprint density at radius 3 is 1.07 bits per heavy atom. The fourth-order valence-electron chi connectivity index (χ4n) is 1.35. The highest BCUT2D eigenvalue weighted by Gasteiger charge is 1.95. The minimum atomic E-state index is 0. The summed E-state index contributed by atoms with van der Waals surface area (Å²) in [5.74, 6) is 0. The van der Waals surface area contributed by atoms with Crippen LogP contribution in [0.1, 0.15) is 0 Å². The molecule has 0 saturated heterocycles. The summed E-state index contributed by atoms with van der Waals surface area (Å²) in [5.41, 5.74) is 15.1. The molecule has 15 heavy (non-hydrogen) atoms. The van der Waals surface area contributed by atoms with E-state index in [0.29, 0.717) is 0 Å². The highest BCUT2D eigenvalue weighted by atomic mass is 28.1. The van der Waals surface area contributed by atoms with E-state index in [9.17, 15) is 0 Å². The van der Waals surface area contributed by atoms with Crippen LogP contribution >= 0.6 is 0 Å². The van der Waals surface area contributed by atoms with Crippen LogP contribution in [0.2, 0.25) is 0 Å². The normalized spacial score (nSPS) is 9.33. The molecule has 2 aromatic rings. The van der Waals surface area contributed by atoms with E-state index < -0.39 is 0 Å². The van der Waals surface area contributed by atoms with E-state index in [-0.39, 0.29) is 11.0 Å². The lowest BCUT2D eigenvalue weighted by molar-refractivity contribution is 1.61. The molecule has 0 fully saturated rings. The van der Waals surface area contributed by atoms with Gasteiger partial charge in [0.15, 0.2) is 0 Å². The zero-order chi connectivity index (χ0) is 9.97. The van der Waals surface area contributed by atoms with Crippen molar-refractivity contribution in [3.8, 4) is 11.1 Å². The highest BCUT2D eigenvalue weighted by molar-refractivity contribution is 5.75. The first kappa shape index (κ1) is 11.3. The monoisotopic (exact) mass is 212 g/mol. The molecule has 0 aliphatic heterocycles. The van der Waals surface area contributed by atoms with E-state index in [1.165, 1.54) is 0 Å². The summed E-state index contributed by atoms with van der Waals surface area (Å²) in [6, 6.07) is 15.6. The first-order valence-corrected chi connectivity index (χ1v) is 4.47. The Hall–Kier alpha value is -1.74. The second kappa shape index (κ2) is 4.66. The van der Waals surface area contributed by atoms with Gasteiger partial charge in [-0.15, -0.1) is 0 Å². The van der Waals surface area contributed by atoms with Crippen molar-refractivity contribution in [2.24, 2.45) is 0 Å². The summed E-state index contributed by atoms with van der Waals surface area (Å²) in [4.78, 5) is 0. The Kier molecular flexibility index (Phi) is 3.52. The maximum absolute atomic E-state index is 5.61. The first-order valence-electron chi connectivity index (χ1n) is 4.47. The number of hydrogen-bond acceptors (Lipinski definition) is 2. The number of rotatable bonds is 1. The van der Waals surface area contributed by atoms with Crippen LogP contribution in [-0.4, -0.2) is 11.0 Å². The summed E-state index contributed by atoms with van der Waals surface area (Å²) in [5, 5.41) is 0. The molecule has 2 nitrogen and oxygen atoms in total. The molecule has 0 unspecified atom stereocenters. The molecule has 0 spiro atoms. The van der Waals surface area contributed by atoms with E-state index in [4.69, 9.17) is 11.5 Å². The van der Waals surface area contributed by atoms with Gasteiger partial charge in [-0.1, -0.05) is 24.3 Å². The summed E-state index contributed by atoms with van der Waals surface area (Å²) < 4.78 is 0. The molecule has 0 bridgehead atoms.